The molecule has 0 radical (unpaired) electrons. The molecule has 1 aromatic carbocycles. The number of hydrogen-bond donors (Lipinski definition) is 0. The molecule has 0 aliphatic rings. The molecule has 0 spiro atoms. The summed E-state index contributed by atoms with van der Waals surface area (Å²) < 4.78 is 1.61. The molecule has 104 valence electrons. The molecule has 0 saturated carbocycles. The van der Waals surface area contributed by atoms with Crippen LogP contribution in [0, 0.1) is 6.92 Å². The molecule has 4 heteroatoms. The zero-order valence-corrected chi connectivity index (χ0v) is 12.3. The van der Waals surface area contributed by atoms with Crippen molar-refractivity contribution in [2.24, 2.45) is 0 Å². The van der Waals surface area contributed by atoms with Crippen LogP contribution in [0.1, 0.15) is 29.3 Å². The quantitative estimate of drug-likeness (QED) is 0.807. The Labute approximate surface area is 122 Å². The molecule has 0 fully saturated rings. The summed E-state index contributed by atoms with van der Waals surface area (Å²) in [6.07, 6.45) is 0.804. The van der Waals surface area contributed by atoms with Gasteiger partial charge in [0.15, 0.2) is 0 Å². The fraction of sp³-hybridized carbons (Fsp3) is 0.250. The molecule has 0 unspecified atom stereocenters. The van der Waals surface area contributed by atoms with Crippen molar-refractivity contribution in [1.29, 1.82) is 0 Å². The number of aryl methyl sites for hydroxylation is 1. The van der Waals surface area contributed by atoms with E-state index in [0.717, 1.165) is 23.2 Å². The molecule has 0 N–H and O–H groups in total. The van der Waals surface area contributed by atoms with Crippen molar-refractivity contribution < 1.29 is 4.79 Å². The average molecular weight is 290 g/mol. The monoisotopic (exact) mass is 289 g/mol. The van der Waals surface area contributed by atoms with Crippen LogP contribution >= 0.6 is 11.6 Å². The highest BCUT2D eigenvalue weighted by molar-refractivity contribution is 6.67. The number of rotatable bonds is 4. The molecule has 0 atom stereocenters. The Morgan fingerprint density at radius 3 is 2.35 bits per heavy atom. The van der Waals surface area contributed by atoms with Crippen LogP contribution in [0.3, 0.4) is 0 Å². The van der Waals surface area contributed by atoms with E-state index in [0.29, 0.717) is 6.54 Å². The van der Waals surface area contributed by atoms with Crippen molar-refractivity contribution in [2.45, 2.75) is 26.8 Å². The minimum atomic E-state index is -0.713. The van der Waals surface area contributed by atoms with Gasteiger partial charge in [0.1, 0.15) is 0 Å². The van der Waals surface area contributed by atoms with E-state index >= 15 is 0 Å². The SMILES string of the molecule is CCCn1c(-c2ccc(C)cc2)ccc(C(=O)Cl)c1=O. The van der Waals surface area contributed by atoms with Gasteiger partial charge in [-0.2, -0.15) is 0 Å². The molecule has 3 nitrogen and oxygen atoms in total. The maximum Gasteiger partial charge on any atom is 0.263 e. The lowest BCUT2D eigenvalue weighted by Crippen LogP contribution is -2.26. The summed E-state index contributed by atoms with van der Waals surface area (Å²) in [7, 11) is 0. The maximum absolute atomic E-state index is 12.3. The third-order valence-corrected chi connectivity index (χ3v) is 3.38. The van der Waals surface area contributed by atoms with E-state index in [1.165, 1.54) is 6.07 Å². The highest BCUT2D eigenvalue weighted by atomic mass is 35.5. The summed E-state index contributed by atoms with van der Waals surface area (Å²) in [6.45, 7) is 4.55. The van der Waals surface area contributed by atoms with E-state index < -0.39 is 5.24 Å². The molecule has 2 aromatic rings. The number of benzene rings is 1. The van der Waals surface area contributed by atoms with Gasteiger partial charge in [0.2, 0.25) is 0 Å². The topological polar surface area (TPSA) is 39.1 Å². The summed E-state index contributed by atoms with van der Waals surface area (Å²) in [4.78, 5) is 23.6. The molecular formula is C16H16ClNO2. The average Bonchev–Trinajstić information content (AvgIpc) is 2.42. The van der Waals surface area contributed by atoms with Crippen LogP contribution in [0.5, 0.6) is 0 Å². The third-order valence-electron chi connectivity index (χ3n) is 3.18. The van der Waals surface area contributed by atoms with E-state index in [1.54, 1.807) is 10.6 Å². The Balaban J connectivity index is 2.64. The zero-order valence-electron chi connectivity index (χ0n) is 11.5. The number of nitrogens with zero attached hydrogens (tertiary/aromatic N) is 1. The number of hydrogen-bond acceptors (Lipinski definition) is 2. The van der Waals surface area contributed by atoms with Crippen LogP contribution in [-0.4, -0.2) is 9.81 Å². The number of halogens is 1. The molecular weight excluding hydrogens is 274 g/mol. The minimum absolute atomic E-state index is 0.0241. The van der Waals surface area contributed by atoms with Gasteiger partial charge in [0.25, 0.3) is 10.8 Å². The first-order valence-electron chi connectivity index (χ1n) is 6.55. The molecule has 0 bridgehead atoms. The van der Waals surface area contributed by atoms with Crippen LogP contribution in [-0.2, 0) is 6.54 Å². The van der Waals surface area contributed by atoms with E-state index in [2.05, 4.69) is 0 Å². The third kappa shape index (κ3) is 2.83. The first-order valence-corrected chi connectivity index (χ1v) is 6.93. The van der Waals surface area contributed by atoms with Crippen LogP contribution in [0.2, 0.25) is 0 Å². The van der Waals surface area contributed by atoms with Gasteiger partial charge in [-0.15, -0.1) is 0 Å². The van der Waals surface area contributed by atoms with Crippen LogP contribution < -0.4 is 5.56 Å². The molecule has 0 saturated heterocycles. The normalized spacial score (nSPS) is 10.6. The van der Waals surface area contributed by atoms with Gasteiger partial charge in [-0.1, -0.05) is 36.8 Å². The van der Waals surface area contributed by atoms with Crippen LogP contribution in [0.4, 0.5) is 0 Å². The Bertz CT molecular complexity index is 687. The van der Waals surface area contributed by atoms with Crippen LogP contribution in [0.25, 0.3) is 11.3 Å². The number of aromatic nitrogens is 1. The zero-order chi connectivity index (χ0) is 14.7. The predicted molar refractivity (Wildman–Crippen MR) is 81.3 cm³/mol. The van der Waals surface area contributed by atoms with Crippen molar-refractivity contribution in [1.82, 2.24) is 4.57 Å². The molecule has 1 heterocycles. The molecule has 20 heavy (non-hydrogen) atoms. The van der Waals surface area contributed by atoms with Gasteiger partial charge in [0, 0.05) is 6.54 Å². The van der Waals surface area contributed by atoms with Crippen molar-refractivity contribution in [3.63, 3.8) is 0 Å². The first kappa shape index (κ1) is 14.5. The van der Waals surface area contributed by atoms with Gasteiger partial charge in [-0.3, -0.25) is 9.59 Å². The Morgan fingerprint density at radius 2 is 1.80 bits per heavy atom. The van der Waals surface area contributed by atoms with E-state index in [-0.39, 0.29) is 11.1 Å². The second-order valence-corrected chi connectivity index (χ2v) is 5.07. The summed E-state index contributed by atoms with van der Waals surface area (Å²) >= 11 is 5.45. The Hall–Kier alpha value is -1.87. The van der Waals surface area contributed by atoms with E-state index in [4.69, 9.17) is 11.6 Å². The van der Waals surface area contributed by atoms with E-state index in [1.807, 2.05) is 38.1 Å². The molecule has 0 aliphatic carbocycles. The lowest BCUT2D eigenvalue weighted by Gasteiger charge is -2.13. The molecule has 2 rings (SSSR count). The van der Waals surface area contributed by atoms with Gasteiger partial charge < -0.3 is 4.57 Å². The fourth-order valence-corrected chi connectivity index (χ4v) is 2.29. The number of pyridine rings is 1. The van der Waals surface area contributed by atoms with Crippen molar-refractivity contribution in [2.75, 3.05) is 0 Å². The molecule has 1 aromatic heterocycles. The fourth-order valence-electron chi connectivity index (χ4n) is 2.15. The number of carbonyl (C=O) groups is 1. The van der Waals surface area contributed by atoms with Crippen molar-refractivity contribution >= 4 is 16.8 Å². The highest BCUT2D eigenvalue weighted by Gasteiger charge is 2.13. The smallest absolute Gasteiger partial charge is 0.263 e. The standard InChI is InChI=1S/C16H16ClNO2/c1-3-10-18-14(12-6-4-11(2)5-7-12)9-8-13(15(17)19)16(18)20/h4-9H,3,10H2,1-2H3. The lowest BCUT2D eigenvalue weighted by atomic mass is 10.1. The van der Waals surface area contributed by atoms with Gasteiger partial charge in [-0.25, -0.2) is 0 Å². The second-order valence-electron chi connectivity index (χ2n) is 4.73. The molecule has 0 amide bonds. The van der Waals surface area contributed by atoms with Crippen LogP contribution in [0.15, 0.2) is 41.2 Å². The summed E-state index contributed by atoms with van der Waals surface area (Å²) in [5.74, 6) is 0. The molecule has 0 aliphatic heterocycles. The predicted octanol–water partition coefficient (Wildman–Crippen LogP) is 3.61. The summed E-state index contributed by atoms with van der Waals surface area (Å²) in [5.41, 5.74) is 2.61. The Morgan fingerprint density at radius 1 is 1.15 bits per heavy atom. The largest absolute Gasteiger partial charge is 0.308 e. The minimum Gasteiger partial charge on any atom is -0.308 e. The van der Waals surface area contributed by atoms with Gasteiger partial charge in [-0.05, 0) is 42.6 Å². The Kier molecular flexibility index (Phi) is 4.40. The van der Waals surface area contributed by atoms with Crippen molar-refractivity contribution in [3.05, 3.63) is 57.9 Å². The lowest BCUT2D eigenvalue weighted by molar-refractivity contribution is 0.107. The number of carbonyl (C=O) groups excluding carboxylic acids is 1. The van der Waals surface area contributed by atoms with E-state index in [9.17, 15) is 9.59 Å². The van der Waals surface area contributed by atoms with Gasteiger partial charge >= 0.3 is 0 Å². The van der Waals surface area contributed by atoms with Gasteiger partial charge in [0.05, 0.1) is 11.3 Å². The second kappa shape index (κ2) is 6.06. The highest BCUT2D eigenvalue weighted by Crippen LogP contribution is 2.19. The summed E-state index contributed by atoms with van der Waals surface area (Å²) in [6, 6.07) is 11.2. The summed E-state index contributed by atoms with van der Waals surface area (Å²) in [5, 5.41) is -0.713. The maximum atomic E-state index is 12.3. The first-order chi connectivity index (χ1) is 9.54. The van der Waals surface area contributed by atoms with Crippen molar-refractivity contribution in [3.8, 4) is 11.3 Å².